The van der Waals surface area contributed by atoms with Crippen LogP contribution in [-0.2, 0) is 6.54 Å². The van der Waals surface area contributed by atoms with Crippen molar-refractivity contribution in [3.05, 3.63) is 41.1 Å². The Hall–Kier alpha value is -3.38. The lowest BCUT2D eigenvalue weighted by Gasteiger charge is -2.08. The number of anilines is 1. The van der Waals surface area contributed by atoms with Gasteiger partial charge in [-0.25, -0.2) is 14.1 Å². The molecular formula is C25H32FN7O. The molecule has 1 aliphatic carbocycles. The van der Waals surface area contributed by atoms with Crippen molar-refractivity contribution in [2.24, 2.45) is 5.73 Å². The predicted octanol–water partition coefficient (Wildman–Crippen LogP) is 3.42. The Labute approximate surface area is 199 Å². The summed E-state index contributed by atoms with van der Waals surface area (Å²) in [5.41, 5.74) is 7.76. The Morgan fingerprint density at radius 3 is 2.74 bits per heavy atom. The summed E-state index contributed by atoms with van der Waals surface area (Å²) >= 11 is 0. The van der Waals surface area contributed by atoms with Crippen LogP contribution in [0.1, 0.15) is 73.1 Å². The number of amides is 1. The zero-order valence-electron chi connectivity index (χ0n) is 19.8. The van der Waals surface area contributed by atoms with Gasteiger partial charge in [0.2, 0.25) is 0 Å². The van der Waals surface area contributed by atoms with Gasteiger partial charge in [0.25, 0.3) is 5.91 Å². The number of aryl methyl sites for hydroxylation is 1. The monoisotopic (exact) mass is 465 g/mol. The molecule has 8 nitrogen and oxygen atoms in total. The third kappa shape index (κ3) is 5.23. The second-order valence-electron chi connectivity index (χ2n) is 8.67. The number of imidazole rings is 1. The maximum atomic E-state index is 14.8. The van der Waals surface area contributed by atoms with Crippen LogP contribution in [0, 0.1) is 17.7 Å². The standard InChI is InChI=1S/C25H32FN7O/c1-3-4-5-11-29-12-6-13-33-25(28-2)23(24(27)34)20(31-33)10-7-17-14-21-22(15-19(17)26)32(16-30-21)18-8-9-18/h14-16,18,28-29H,3-6,8-9,11-13H2,1-2H3,(H2,27,34). The second-order valence-corrected chi connectivity index (χ2v) is 8.67. The average Bonchev–Trinajstić information content (AvgIpc) is 3.48. The molecule has 1 saturated carbocycles. The fourth-order valence-corrected chi connectivity index (χ4v) is 4.09. The highest BCUT2D eigenvalue weighted by Gasteiger charge is 2.25. The number of nitrogens with two attached hydrogens (primary N) is 1. The fourth-order valence-electron chi connectivity index (χ4n) is 4.09. The molecule has 0 bridgehead atoms. The number of hydrogen-bond acceptors (Lipinski definition) is 5. The van der Waals surface area contributed by atoms with Gasteiger partial charge < -0.3 is 20.9 Å². The zero-order chi connectivity index (χ0) is 24.1. The van der Waals surface area contributed by atoms with Crippen molar-refractivity contribution in [3.63, 3.8) is 0 Å². The van der Waals surface area contributed by atoms with Crippen molar-refractivity contribution in [2.45, 2.75) is 58.0 Å². The van der Waals surface area contributed by atoms with Gasteiger partial charge in [0.1, 0.15) is 17.2 Å². The van der Waals surface area contributed by atoms with Gasteiger partial charge in [0.15, 0.2) is 5.69 Å². The van der Waals surface area contributed by atoms with Gasteiger partial charge in [-0.1, -0.05) is 25.7 Å². The molecule has 3 aromatic rings. The summed E-state index contributed by atoms with van der Waals surface area (Å²) in [5.74, 6) is 5.16. The Balaban J connectivity index is 1.54. The lowest BCUT2D eigenvalue weighted by atomic mass is 10.1. The molecule has 4 N–H and O–H groups in total. The van der Waals surface area contributed by atoms with Gasteiger partial charge in [-0.15, -0.1) is 0 Å². The normalized spacial score (nSPS) is 13.1. The molecule has 0 radical (unpaired) electrons. The highest BCUT2D eigenvalue weighted by Crippen LogP contribution is 2.37. The molecule has 0 unspecified atom stereocenters. The molecule has 1 aromatic carbocycles. The Kier molecular flexibility index (Phi) is 7.48. The van der Waals surface area contributed by atoms with Crippen molar-refractivity contribution in [1.29, 1.82) is 0 Å². The van der Waals surface area contributed by atoms with E-state index in [0.29, 0.717) is 23.9 Å². The maximum Gasteiger partial charge on any atom is 0.255 e. The van der Waals surface area contributed by atoms with Gasteiger partial charge in [0, 0.05) is 25.7 Å². The van der Waals surface area contributed by atoms with Crippen LogP contribution in [0.2, 0.25) is 0 Å². The first-order valence-corrected chi connectivity index (χ1v) is 12.0. The third-order valence-corrected chi connectivity index (χ3v) is 6.04. The zero-order valence-corrected chi connectivity index (χ0v) is 19.8. The third-order valence-electron chi connectivity index (χ3n) is 6.04. The number of primary amides is 1. The van der Waals surface area contributed by atoms with Crippen molar-refractivity contribution >= 4 is 22.8 Å². The van der Waals surface area contributed by atoms with E-state index < -0.39 is 11.7 Å². The molecule has 34 heavy (non-hydrogen) atoms. The topological polar surface area (TPSA) is 103 Å². The average molecular weight is 466 g/mol. The Morgan fingerprint density at radius 2 is 2.03 bits per heavy atom. The first-order valence-electron chi connectivity index (χ1n) is 12.0. The summed E-state index contributed by atoms with van der Waals surface area (Å²) in [6, 6.07) is 3.53. The lowest BCUT2D eigenvalue weighted by Crippen LogP contribution is -2.19. The highest BCUT2D eigenvalue weighted by atomic mass is 19.1. The van der Waals surface area contributed by atoms with Crippen LogP contribution in [0.25, 0.3) is 11.0 Å². The van der Waals surface area contributed by atoms with E-state index in [1.54, 1.807) is 24.1 Å². The van der Waals surface area contributed by atoms with E-state index in [1.807, 2.05) is 4.57 Å². The van der Waals surface area contributed by atoms with Crippen LogP contribution in [0.5, 0.6) is 0 Å². The highest BCUT2D eigenvalue weighted by molar-refractivity contribution is 6.00. The number of hydrogen-bond donors (Lipinski definition) is 3. The molecular weight excluding hydrogens is 433 g/mol. The molecule has 0 spiro atoms. The molecule has 0 saturated heterocycles. The van der Waals surface area contributed by atoms with Gasteiger partial charge in [-0.05, 0) is 50.8 Å². The van der Waals surface area contributed by atoms with Crippen molar-refractivity contribution in [1.82, 2.24) is 24.6 Å². The summed E-state index contributed by atoms with van der Waals surface area (Å²) in [5, 5.41) is 10.9. The van der Waals surface area contributed by atoms with Crippen LogP contribution in [0.3, 0.4) is 0 Å². The number of carbonyl (C=O) groups is 1. The SMILES string of the molecule is CCCCCNCCCn1nc(C#Cc2cc3ncn(C4CC4)c3cc2F)c(C(N)=O)c1NC. The summed E-state index contributed by atoms with van der Waals surface area (Å²) in [4.78, 5) is 16.6. The molecule has 1 aliphatic rings. The van der Waals surface area contributed by atoms with Crippen LogP contribution >= 0.6 is 0 Å². The van der Waals surface area contributed by atoms with E-state index >= 15 is 0 Å². The number of aromatic nitrogens is 4. The molecule has 0 aliphatic heterocycles. The van der Waals surface area contributed by atoms with E-state index in [4.69, 9.17) is 5.73 Å². The number of unbranched alkanes of at least 4 members (excludes halogenated alkanes) is 2. The minimum atomic E-state index is -0.628. The summed E-state index contributed by atoms with van der Waals surface area (Å²) in [6.07, 6.45) is 8.35. The van der Waals surface area contributed by atoms with Crippen molar-refractivity contribution < 1.29 is 9.18 Å². The number of nitrogens with zero attached hydrogens (tertiary/aromatic N) is 4. The first kappa shape index (κ1) is 23.8. The molecule has 1 fully saturated rings. The number of benzene rings is 1. The molecule has 9 heteroatoms. The minimum Gasteiger partial charge on any atom is -0.373 e. The number of nitrogens with one attached hydrogen (secondary N) is 2. The number of fused-ring (bicyclic) bond motifs is 1. The fraction of sp³-hybridized carbons (Fsp3) is 0.480. The quantitative estimate of drug-likeness (QED) is 0.297. The Morgan fingerprint density at radius 1 is 1.24 bits per heavy atom. The van der Waals surface area contributed by atoms with Gasteiger partial charge in [-0.2, -0.15) is 5.10 Å². The molecule has 0 atom stereocenters. The molecule has 2 heterocycles. The van der Waals surface area contributed by atoms with Gasteiger partial charge >= 0.3 is 0 Å². The van der Waals surface area contributed by atoms with E-state index in [2.05, 4.69) is 39.5 Å². The molecule has 2 aromatic heterocycles. The smallest absolute Gasteiger partial charge is 0.255 e. The summed E-state index contributed by atoms with van der Waals surface area (Å²) < 4.78 is 18.5. The molecule has 1 amide bonds. The van der Waals surface area contributed by atoms with Crippen LogP contribution in [0.4, 0.5) is 10.2 Å². The van der Waals surface area contributed by atoms with Crippen molar-refractivity contribution in [3.8, 4) is 11.8 Å². The number of rotatable bonds is 11. The van der Waals surface area contributed by atoms with Crippen LogP contribution < -0.4 is 16.4 Å². The largest absolute Gasteiger partial charge is 0.373 e. The predicted molar refractivity (Wildman–Crippen MR) is 131 cm³/mol. The van der Waals surface area contributed by atoms with Crippen molar-refractivity contribution in [2.75, 3.05) is 25.5 Å². The van der Waals surface area contributed by atoms with E-state index in [-0.39, 0.29) is 16.8 Å². The maximum absolute atomic E-state index is 14.8. The van der Waals surface area contributed by atoms with Crippen LogP contribution in [0.15, 0.2) is 18.5 Å². The number of halogens is 1. The van der Waals surface area contributed by atoms with Gasteiger partial charge in [-0.3, -0.25) is 4.79 Å². The minimum absolute atomic E-state index is 0.209. The second kappa shape index (κ2) is 10.7. The van der Waals surface area contributed by atoms with E-state index in [9.17, 15) is 9.18 Å². The Bertz CT molecular complexity index is 1230. The lowest BCUT2D eigenvalue weighted by molar-refractivity contribution is 0.100. The molecule has 180 valence electrons. The summed E-state index contributed by atoms with van der Waals surface area (Å²) in [6.45, 7) is 4.61. The van der Waals surface area contributed by atoms with Gasteiger partial charge in [0.05, 0.1) is 22.9 Å². The van der Waals surface area contributed by atoms with E-state index in [1.165, 1.54) is 18.9 Å². The molecule has 4 rings (SSSR count). The number of carbonyl (C=O) groups excluding carboxylic acids is 1. The first-order chi connectivity index (χ1) is 16.5. The van der Waals surface area contributed by atoms with E-state index in [0.717, 1.165) is 44.3 Å². The van der Waals surface area contributed by atoms with Crippen LogP contribution in [-0.4, -0.2) is 45.4 Å². The summed E-state index contributed by atoms with van der Waals surface area (Å²) in [7, 11) is 1.71.